The van der Waals surface area contributed by atoms with Crippen molar-refractivity contribution in [1.29, 1.82) is 0 Å². The Kier molecular flexibility index (Phi) is 8.37. The van der Waals surface area contributed by atoms with Gasteiger partial charge < -0.3 is 0 Å². The van der Waals surface area contributed by atoms with Crippen LogP contribution in [0.3, 0.4) is 0 Å². The molecule has 0 aromatic heterocycles. The fourth-order valence-electron chi connectivity index (χ4n) is 4.76. The summed E-state index contributed by atoms with van der Waals surface area (Å²) in [5.74, 6) is 0. The van der Waals surface area contributed by atoms with Crippen LogP contribution in [0.2, 0.25) is 0 Å². The van der Waals surface area contributed by atoms with Crippen molar-refractivity contribution >= 4 is 35.5 Å². The molecule has 0 aliphatic heterocycles. The van der Waals surface area contributed by atoms with Crippen molar-refractivity contribution in [3.05, 3.63) is 168 Å². The van der Waals surface area contributed by atoms with Crippen LogP contribution < -0.4 is 0 Å². The summed E-state index contributed by atoms with van der Waals surface area (Å²) in [5, 5.41) is 8.11. The van der Waals surface area contributed by atoms with Crippen LogP contribution in [-0.4, -0.2) is 3.21 Å². The van der Waals surface area contributed by atoms with Crippen LogP contribution in [0.5, 0.6) is 0 Å². The smallest absolute Gasteiger partial charge is 0.0771 e. The van der Waals surface area contributed by atoms with Crippen LogP contribution in [-0.2, 0) is 24.2 Å². The summed E-state index contributed by atoms with van der Waals surface area (Å²) in [5.41, 5.74) is 5.35. The number of benzene rings is 5. The maximum atomic E-state index is 2.24. The molecule has 182 valence electrons. The van der Waals surface area contributed by atoms with Gasteiger partial charge in [0.15, 0.2) is 0 Å². The predicted octanol–water partition coefficient (Wildman–Crippen LogP) is 9.69. The van der Waals surface area contributed by atoms with Gasteiger partial charge in [-0.2, -0.15) is 6.07 Å². The maximum Gasteiger partial charge on any atom is -0.0771 e. The first-order valence-corrected chi connectivity index (χ1v) is 14.2. The standard InChI is InChI=1S/C13H9.C13H10.C11H11.Zr/c1-3-7-12-10(5-1)9-11-6-2-4-8-13(11)12;1-3-7-12(8-4-1)11-13-9-5-2-6-10-13;1-8-3-4-10-6-9(2)7-11(10)5-8;/h1-9H;1-10H;3-7H,1-2H3;/q-1;;-1;+2. The second-order valence-corrected chi connectivity index (χ2v) is 10.8. The molecule has 0 nitrogen and oxygen atoms in total. The van der Waals surface area contributed by atoms with Crippen LogP contribution >= 0.6 is 0 Å². The third-order valence-corrected chi connectivity index (χ3v) is 8.08. The van der Waals surface area contributed by atoms with E-state index in [4.69, 9.17) is 0 Å². The molecule has 0 fully saturated rings. The third-order valence-electron chi connectivity index (χ3n) is 6.66. The zero-order valence-electron chi connectivity index (χ0n) is 21.9. The summed E-state index contributed by atoms with van der Waals surface area (Å²) in [6, 6.07) is 51.4. The van der Waals surface area contributed by atoms with Crippen LogP contribution in [0.4, 0.5) is 0 Å². The van der Waals surface area contributed by atoms with Crippen molar-refractivity contribution in [2.24, 2.45) is 0 Å². The van der Waals surface area contributed by atoms with Gasteiger partial charge in [-0.15, -0.1) is 74.3 Å². The van der Waals surface area contributed by atoms with E-state index >= 15 is 0 Å². The summed E-state index contributed by atoms with van der Waals surface area (Å²) in [6.45, 7) is 4.26. The van der Waals surface area contributed by atoms with Gasteiger partial charge in [0.1, 0.15) is 0 Å². The number of rotatable bonds is 2. The maximum absolute atomic E-state index is 2.24. The second-order valence-electron chi connectivity index (χ2n) is 9.59. The van der Waals surface area contributed by atoms with Gasteiger partial charge in [0.05, 0.1) is 0 Å². The molecule has 0 saturated heterocycles. The van der Waals surface area contributed by atoms with Crippen molar-refractivity contribution in [3.63, 3.8) is 0 Å². The zero-order chi connectivity index (χ0) is 26.3. The van der Waals surface area contributed by atoms with Crippen LogP contribution in [0, 0.1) is 13.8 Å². The Morgan fingerprint density at radius 3 is 1.55 bits per heavy atom. The molecule has 7 rings (SSSR count). The Morgan fingerprint density at radius 2 is 1.00 bits per heavy atom. The molecule has 0 unspecified atom stereocenters. The number of hydrogen-bond donors (Lipinski definition) is 0. The van der Waals surface area contributed by atoms with Crippen LogP contribution in [0.1, 0.15) is 22.3 Å². The van der Waals surface area contributed by atoms with E-state index in [1.807, 2.05) is 0 Å². The second kappa shape index (κ2) is 12.3. The summed E-state index contributed by atoms with van der Waals surface area (Å²) >= 11 is 1.46. The van der Waals surface area contributed by atoms with Crippen molar-refractivity contribution in [2.45, 2.75) is 13.8 Å². The zero-order valence-corrected chi connectivity index (χ0v) is 24.3. The Bertz CT molecular complexity index is 1690. The molecule has 38 heavy (non-hydrogen) atoms. The van der Waals surface area contributed by atoms with E-state index in [1.54, 1.807) is 0 Å². The molecule has 0 bridgehead atoms. The summed E-state index contributed by atoms with van der Waals surface area (Å²) < 4.78 is 1.42. The largest absolute Gasteiger partial charge is 0.126 e. The molecule has 1 heteroatoms. The van der Waals surface area contributed by atoms with Crippen LogP contribution in [0.15, 0.2) is 146 Å². The molecule has 7 aromatic rings. The van der Waals surface area contributed by atoms with Crippen molar-refractivity contribution in [2.75, 3.05) is 0 Å². The third kappa shape index (κ3) is 6.24. The molecule has 0 aliphatic carbocycles. The fourth-order valence-corrected chi connectivity index (χ4v) is 5.58. The first kappa shape index (κ1) is 26.0. The molecule has 7 aromatic carbocycles. The molecule has 0 radical (unpaired) electrons. The minimum Gasteiger partial charge on any atom is -0.126 e. The van der Waals surface area contributed by atoms with Gasteiger partial charge >= 0.3 is 99.2 Å². The number of fused-ring (bicyclic) bond motifs is 4. The molecule has 0 spiro atoms. The minimum absolute atomic E-state index is 1.33. The van der Waals surface area contributed by atoms with Gasteiger partial charge in [-0.05, 0) is 6.92 Å². The van der Waals surface area contributed by atoms with E-state index in [0.717, 1.165) is 0 Å². The first-order valence-electron chi connectivity index (χ1n) is 12.9. The van der Waals surface area contributed by atoms with Gasteiger partial charge in [-0.25, -0.2) is 0 Å². The Labute approximate surface area is 240 Å². The Morgan fingerprint density at radius 1 is 0.500 bits per heavy atom. The van der Waals surface area contributed by atoms with E-state index < -0.39 is 0 Å². The summed E-state index contributed by atoms with van der Waals surface area (Å²) in [7, 11) is 0. The topological polar surface area (TPSA) is 0 Å². The summed E-state index contributed by atoms with van der Waals surface area (Å²) in [4.78, 5) is 0. The molecular weight excluding hydrogens is 536 g/mol. The normalized spacial score (nSPS) is 10.5. The first-order chi connectivity index (χ1) is 18.6. The predicted molar refractivity (Wildman–Crippen MR) is 162 cm³/mol. The molecular formula is C37H30Zr. The molecule has 0 heterocycles. The van der Waals surface area contributed by atoms with E-state index in [-0.39, 0.29) is 0 Å². The number of aryl methyl sites for hydroxylation is 2. The quantitative estimate of drug-likeness (QED) is 0.183. The summed E-state index contributed by atoms with van der Waals surface area (Å²) in [6.07, 6.45) is 0. The van der Waals surface area contributed by atoms with Crippen molar-refractivity contribution in [1.82, 2.24) is 0 Å². The van der Waals surface area contributed by atoms with Gasteiger partial charge in [0, 0.05) is 0 Å². The van der Waals surface area contributed by atoms with E-state index in [2.05, 4.69) is 159 Å². The SMILES string of the molecule is Cc1ccc2cc(C)[cH-]c2c1.[Zr+2]=[C](c1ccccc1)c1ccccc1.c1ccc2c(c1)[cH-]c1ccccc12. The van der Waals surface area contributed by atoms with E-state index in [9.17, 15) is 0 Å². The van der Waals surface area contributed by atoms with Crippen molar-refractivity contribution in [3.8, 4) is 0 Å². The van der Waals surface area contributed by atoms with Crippen molar-refractivity contribution < 1.29 is 24.2 Å². The molecule has 0 N–H and O–H groups in total. The Balaban J connectivity index is 0.000000117. The van der Waals surface area contributed by atoms with Gasteiger partial charge in [0.2, 0.25) is 0 Å². The molecule has 0 saturated carbocycles. The van der Waals surface area contributed by atoms with Gasteiger partial charge in [-0.3, -0.25) is 0 Å². The molecule has 0 aliphatic rings. The Hall–Kier alpha value is -3.67. The fraction of sp³-hybridized carbons (Fsp3) is 0.0541. The minimum atomic E-state index is 1.33. The molecule has 0 amide bonds. The van der Waals surface area contributed by atoms with E-state index in [1.165, 1.54) is 82.0 Å². The van der Waals surface area contributed by atoms with Gasteiger partial charge in [0.25, 0.3) is 0 Å². The monoisotopic (exact) mass is 564 g/mol. The van der Waals surface area contributed by atoms with Crippen LogP contribution in [0.25, 0.3) is 32.3 Å². The average molecular weight is 566 g/mol. The average Bonchev–Trinajstić information content (AvgIpc) is 3.53. The van der Waals surface area contributed by atoms with Gasteiger partial charge in [-0.1, -0.05) is 55.0 Å². The molecule has 0 atom stereocenters. The van der Waals surface area contributed by atoms with E-state index in [0.29, 0.717) is 0 Å². The number of hydrogen-bond acceptors (Lipinski definition) is 0.